The van der Waals surface area contributed by atoms with E-state index in [4.69, 9.17) is 51.6 Å². The summed E-state index contributed by atoms with van der Waals surface area (Å²) in [4.78, 5) is 38.0. The monoisotopic (exact) mass is 486 g/mol. The molecule has 0 amide bonds. The lowest BCUT2D eigenvalue weighted by atomic mass is 9.97. The summed E-state index contributed by atoms with van der Waals surface area (Å²) in [6.45, 7) is 0. The smallest absolute Gasteiger partial charge is 0.341 e. The SMILES string of the molecule is COC(=O)c1cc(C(=O)c2cc(C(=O)OC)c(OC)c(OC)c2Cl)c(Cl)c(OC)c1OC. The molecule has 0 aliphatic carbocycles. The number of hydrogen-bond donors (Lipinski definition) is 0. The highest BCUT2D eigenvalue weighted by Crippen LogP contribution is 2.45. The normalized spacial score (nSPS) is 10.2. The van der Waals surface area contributed by atoms with Gasteiger partial charge in [-0.25, -0.2) is 9.59 Å². The number of rotatable bonds is 8. The Hall–Kier alpha value is -3.17. The number of methoxy groups -OCH3 is 6. The number of hydrogen-bond acceptors (Lipinski definition) is 9. The minimum absolute atomic E-state index is 0.0189. The third-order valence-corrected chi connectivity index (χ3v) is 5.22. The minimum Gasteiger partial charge on any atom is -0.492 e. The summed E-state index contributed by atoms with van der Waals surface area (Å²) in [6, 6.07) is 2.37. The summed E-state index contributed by atoms with van der Waals surface area (Å²) >= 11 is 12.8. The fraction of sp³-hybridized carbons (Fsp3) is 0.286. The maximum absolute atomic E-state index is 13.5. The Bertz CT molecular complexity index is 996. The predicted octanol–water partition coefficient (Wildman–Crippen LogP) is 3.83. The zero-order valence-corrected chi connectivity index (χ0v) is 19.6. The topological polar surface area (TPSA) is 107 Å². The average Bonchev–Trinajstić information content (AvgIpc) is 2.81. The van der Waals surface area contributed by atoms with Gasteiger partial charge < -0.3 is 28.4 Å². The number of ketones is 1. The molecule has 2 rings (SSSR count). The molecule has 0 heterocycles. The first kappa shape index (κ1) is 25.1. The van der Waals surface area contributed by atoms with Crippen molar-refractivity contribution < 1.29 is 42.8 Å². The van der Waals surface area contributed by atoms with Gasteiger partial charge in [-0.3, -0.25) is 4.79 Å². The fourth-order valence-corrected chi connectivity index (χ4v) is 3.61. The largest absolute Gasteiger partial charge is 0.492 e. The van der Waals surface area contributed by atoms with E-state index in [2.05, 4.69) is 0 Å². The van der Waals surface area contributed by atoms with Gasteiger partial charge in [0, 0.05) is 11.1 Å². The lowest BCUT2D eigenvalue weighted by molar-refractivity contribution is 0.0587. The molecule has 11 heteroatoms. The Morgan fingerprint density at radius 2 is 0.875 bits per heavy atom. The molecular weight excluding hydrogens is 467 g/mol. The van der Waals surface area contributed by atoms with E-state index in [1.165, 1.54) is 40.6 Å². The van der Waals surface area contributed by atoms with Gasteiger partial charge >= 0.3 is 11.9 Å². The molecule has 9 nitrogen and oxygen atoms in total. The summed E-state index contributed by atoms with van der Waals surface area (Å²) in [5, 5.41) is -0.292. The minimum atomic E-state index is -0.792. The van der Waals surface area contributed by atoms with Crippen molar-refractivity contribution in [3.8, 4) is 23.0 Å². The van der Waals surface area contributed by atoms with E-state index in [9.17, 15) is 14.4 Å². The third kappa shape index (κ3) is 4.26. The van der Waals surface area contributed by atoms with Gasteiger partial charge in [0.1, 0.15) is 11.1 Å². The fourth-order valence-electron chi connectivity index (χ4n) is 3.00. The lowest BCUT2D eigenvalue weighted by Crippen LogP contribution is -2.13. The molecule has 0 atom stereocenters. The number of esters is 2. The quantitative estimate of drug-likeness (QED) is 0.406. The molecule has 0 aromatic heterocycles. The van der Waals surface area contributed by atoms with Crippen molar-refractivity contribution in [2.24, 2.45) is 0 Å². The Kier molecular flexibility index (Phi) is 8.18. The van der Waals surface area contributed by atoms with Gasteiger partial charge in [0.25, 0.3) is 0 Å². The van der Waals surface area contributed by atoms with Crippen LogP contribution >= 0.6 is 23.2 Å². The van der Waals surface area contributed by atoms with Crippen LogP contribution in [-0.4, -0.2) is 60.4 Å². The van der Waals surface area contributed by atoms with E-state index in [0.717, 1.165) is 14.2 Å². The Morgan fingerprint density at radius 1 is 0.562 bits per heavy atom. The second-order valence-electron chi connectivity index (χ2n) is 6.02. The predicted molar refractivity (Wildman–Crippen MR) is 115 cm³/mol. The molecule has 0 spiro atoms. The van der Waals surface area contributed by atoms with Crippen molar-refractivity contribution in [2.45, 2.75) is 0 Å². The number of benzene rings is 2. The van der Waals surface area contributed by atoms with E-state index in [-0.39, 0.29) is 55.3 Å². The lowest BCUT2D eigenvalue weighted by Gasteiger charge is -2.18. The van der Waals surface area contributed by atoms with E-state index in [1.54, 1.807) is 0 Å². The molecule has 32 heavy (non-hydrogen) atoms. The molecule has 0 saturated carbocycles. The van der Waals surface area contributed by atoms with Gasteiger partial charge in [-0.2, -0.15) is 0 Å². The maximum Gasteiger partial charge on any atom is 0.341 e. The molecule has 0 aliphatic heterocycles. The van der Waals surface area contributed by atoms with Crippen LogP contribution in [0.3, 0.4) is 0 Å². The molecule has 0 bridgehead atoms. The first-order valence-corrected chi connectivity index (χ1v) is 9.58. The van der Waals surface area contributed by atoms with Gasteiger partial charge in [-0.15, -0.1) is 0 Å². The van der Waals surface area contributed by atoms with Gasteiger partial charge in [0.05, 0.1) is 52.7 Å². The maximum atomic E-state index is 13.5. The highest BCUT2D eigenvalue weighted by molar-refractivity contribution is 6.40. The standard InChI is InChI=1S/C21H20Cl2O9/c1-27-16-11(20(25)31-5)7-9(13(22)18(16)29-3)15(24)10-8-12(21(26)32-6)17(28-2)19(30-4)14(10)23/h7-8H,1-6H3. The molecule has 0 saturated heterocycles. The van der Waals surface area contributed by atoms with Gasteiger partial charge in [-0.1, -0.05) is 23.2 Å². The van der Waals surface area contributed by atoms with Crippen LogP contribution in [0.15, 0.2) is 12.1 Å². The van der Waals surface area contributed by atoms with Gasteiger partial charge in [0.15, 0.2) is 28.8 Å². The average molecular weight is 487 g/mol. The Labute approximate surface area is 194 Å². The Morgan fingerprint density at radius 3 is 1.12 bits per heavy atom. The number of carbonyl (C=O) groups is 3. The van der Waals surface area contributed by atoms with Crippen LogP contribution in [0.25, 0.3) is 0 Å². The molecule has 0 N–H and O–H groups in total. The zero-order valence-electron chi connectivity index (χ0n) is 18.1. The van der Waals surface area contributed by atoms with Crippen molar-refractivity contribution >= 4 is 40.9 Å². The molecule has 2 aromatic rings. The molecule has 0 unspecified atom stereocenters. The van der Waals surface area contributed by atoms with E-state index >= 15 is 0 Å². The van der Waals surface area contributed by atoms with Crippen LogP contribution in [0.4, 0.5) is 0 Å². The molecule has 2 aromatic carbocycles. The van der Waals surface area contributed by atoms with Crippen LogP contribution < -0.4 is 18.9 Å². The van der Waals surface area contributed by atoms with Crippen LogP contribution in [0.5, 0.6) is 23.0 Å². The van der Waals surface area contributed by atoms with Gasteiger partial charge in [-0.05, 0) is 12.1 Å². The van der Waals surface area contributed by atoms with E-state index < -0.39 is 17.7 Å². The first-order valence-electron chi connectivity index (χ1n) is 8.82. The Balaban J connectivity index is 2.88. The summed E-state index contributed by atoms with van der Waals surface area (Å²) < 4.78 is 30.5. The van der Waals surface area contributed by atoms with E-state index in [0.29, 0.717) is 0 Å². The second kappa shape index (κ2) is 10.4. The second-order valence-corrected chi connectivity index (χ2v) is 6.77. The highest BCUT2D eigenvalue weighted by Gasteiger charge is 2.31. The summed E-state index contributed by atoms with van der Waals surface area (Å²) in [5.41, 5.74) is -0.530. The van der Waals surface area contributed by atoms with Crippen LogP contribution in [-0.2, 0) is 9.47 Å². The van der Waals surface area contributed by atoms with Gasteiger partial charge in [0.2, 0.25) is 0 Å². The third-order valence-electron chi connectivity index (χ3n) is 4.47. The first-order chi connectivity index (χ1) is 15.2. The zero-order chi connectivity index (χ0) is 24.2. The molecule has 0 radical (unpaired) electrons. The molecular formula is C21H20Cl2O9. The number of ether oxygens (including phenoxy) is 6. The molecule has 172 valence electrons. The van der Waals surface area contributed by atoms with Crippen molar-refractivity contribution in [3.63, 3.8) is 0 Å². The van der Waals surface area contributed by atoms with Crippen molar-refractivity contribution in [3.05, 3.63) is 44.4 Å². The number of carbonyl (C=O) groups excluding carboxylic acids is 3. The number of halogens is 2. The van der Waals surface area contributed by atoms with Crippen LogP contribution in [0.1, 0.15) is 36.6 Å². The summed E-state index contributed by atoms with van der Waals surface area (Å²) in [6.07, 6.45) is 0. The summed E-state index contributed by atoms with van der Waals surface area (Å²) in [5.74, 6) is -2.49. The van der Waals surface area contributed by atoms with Crippen LogP contribution in [0.2, 0.25) is 10.0 Å². The van der Waals surface area contributed by atoms with Crippen molar-refractivity contribution in [1.82, 2.24) is 0 Å². The van der Waals surface area contributed by atoms with Crippen molar-refractivity contribution in [1.29, 1.82) is 0 Å². The van der Waals surface area contributed by atoms with Crippen molar-refractivity contribution in [2.75, 3.05) is 42.7 Å². The molecule has 0 fully saturated rings. The molecule has 0 aliphatic rings. The van der Waals surface area contributed by atoms with E-state index in [1.807, 2.05) is 0 Å². The highest BCUT2D eigenvalue weighted by atomic mass is 35.5. The summed E-state index contributed by atoms with van der Waals surface area (Å²) in [7, 11) is 7.51. The van der Waals surface area contributed by atoms with Crippen LogP contribution in [0, 0.1) is 0 Å².